The molecule has 0 saturated heterocycles. The number of aromatic nitrogens is 3. The third kappa shape index (κ3) is 3.46. The summed E-state index contributed by atoms with van der Waals surface area (Å²) in [4.78, 5) is 41.4. The zero-order valence-electron chi connectivity index (χ0n) is 19.6. The highest BCUT2D eigenvalue weighted by atomic mass is 16.4. The molecule has 180 valence electrons. The number of carbonyl (C=O) groups is 2. The Balaban J connectivity index is 1.54. The largest absolute Gasteiger partial charge is 0.480 e. The first kappa shape index (κ1) is 22.7. The summed E-state index contributed by atoms with van der Waals surface area (Å²) in [5, 5.41) is 27.5. The summed E-state index contributed by atoms with van der Waals surface area (Å²) < 4.78 is 1.84. The van der Waals surface area contributed by atoms with Crippen molar-refractivity contribution >= 4 is 34.3 Å². The number of carboxylic acid groups (broad SMARTS) is 1. The number of hydrogen-bond donors (Lipinski definition) is 3. The third-order valence-electron chi connectivity index (χ3n) is 7.37. The minimum absolute atomic E-state index is 0.171. The van der Waals surface area contributed by atoms with Crippen molar-refractivity contribution in [2.75, 3.05) is 5.32 Å². The number of benzene rings is 1. The molecule has 1 aliphatic carbocycles. The Labute approximate surface area is 201 Å². The van der Waals surface area contributed by atoms with Gasteiger partial charge in [0, 0.05) is 24.0 Å². The summed E-state index contributed by atoms with van der Waals surface area (Å²) >= 11 is 0. The molecule has 1 saturated carbocycles. The number of rotatable bonds is 6. The van der Waals surface area contributed by atoms with Crippen LogP contribution in [0.1, 0.15) is 61.9 Å². The van der Waals surface area contributed by atoms with Crippen LogP contribution in [0.3, 0.4) is 0 Å². The molecule has 3 heterocycles. The molecule has 1 aliphatic heterocycles. The number of nitrogens with one attached hydrogen (secondary N) is 2. The molecular formula is C25H26N6O4. The maximum absolute atomic E-state index is 12.8. The van der Waals surface area contributed by atoms with E-state index in [1.54, 1.807) is 30.5 Å². The van der Waals surface area contributed by atoms with Crippen LogP contribution < -0.4 is 10.9 Å². The SMILES string of the molecule is CC(C)(C(=O)O)N1Cc2cc(Nc3nn(C4(CC#N)CCCC4)c4cc[nH]c(=O)c34)ccc2C1=O. The van der Waals surface area contributed by atoms with Gasteiger partial charge >= 0.3 is 5.97 Å². The van der Waals surface area contributed by atoms with Crippen LogP contribution in [0.2, 0.25) is 0 Å². The van der Waals surface area contributed by atoms with Gasteiger partial charge in [0.15, 0.2) is 5.82 Å². The topological polar surface area (TPSA) is 144 Å². The molecule has 10 nitrogen and oxygen atoms in total. The average Bonchev–Trinajstić information content (AvgIpc) is 3.52. The van der Waals surface area contributed by atoms with Crippen molar-refractivity contribution in [1.29, 1.82) is 5.26 Å². The molecule has 1 amide bonds. The predicted octanol–water partition coefficient (Wildman–Crippen LogP) is 3.47. The van der Waals surface area contributed by atoms with Crippen molar-refractivity contribution in [2.24, 2.45) is 0 Å². The Kier molecular flexibility index (Phi) is 5.16. The number of aromatic amines is 1. The number of carbonyl (C=O) groups excluding carboxylic acids is 1. The van der Waals surface area contributed by atoms with Crippen molar-refractivity contribution in [3.63, 3.8) is 0 Å². The van der Waals surface area contributed by atoms with Crippen molar-refractivity contribution < 1.29 is 14.7 Å². The van der Waals surface area contributed by atoms with Crippen LogP contribution in [0, 0.1) is 11.3 Å². The lowest BCUT2D eigenvalue weighted by atomic mass is 9.94. The lowest BCUT2D eigenvalue weighted by molar-refractivity contribution is -0.147. The number of hydrogen-bond acceptors (Lipinski definition) is 6. The first-order valence-corrected chi connectivity index (χ1v) is 11.6. The first-order chi connectivity index (χ1) is 16.7. The van der Waals surface area contributed by atoms with Crippen LogP contribution in [0.4, 0.5) is 11.5 Å². The van der Waals surface area contributed by atoms with Crippen LogP contribution >= 0.6 is 0 Å². The quantitative estimate of drug-likeness (QED) is 0.496. The van der Waals surface area contributed by atoms with Gasteiger partial charge < -0.3 is 20.3 Å². The van der Waals surface area contributed by atoms with Gasteiger partial charge in [-0.2, -0.15) is 10.4 Å². The van der Waals surface area contributed by atoms with E-state index in [-0.39, 0.29) is 18.0 Å². The highest BCUT2D eigenvalue weighted by Crippen LogP contribution is 2.42. The number of nitrogens with zero attached hydrogens (tertiary/aromatic N) is 4. The van der Waals surface area contributed by atoms with E-state index in [4.69, 9.17) is 5.10 Å². The Hall–Kier alpha value is -4.13. The Morgan fingerprint density at radius 2 is 2.03 bits per heavy atom. The highest BCUT2D eigenvalue weighted by molar-refractivity contribution is 6.02. The fourth-order valence-corrected chi connectivity index (χ4v) is 5.27. The number of aliphatic carboxylic acids is 1. The van der Waals surface area contributed by atoms with Gasteiger partial charge in [-0.25, -0.2) is 4.79 Å². The van der Waals surface area contributed by atoms with Gasteiger partial charge in [-0.1, -0.05) is 12.8 Å². The van der Waals surface area contributed by atoms with Gasteiger partial charge in [0.2, 0.25) is 0 Å². The van der Waals surface area contributed by atoms with Gasteiger partial charge in [0.1, 0.15) is 10.9 Å². The van der Waals surface area contributed by atoms with E-state index >= 15 is 0 Å². The fourth-order valence-electron chi connectivity index (χ4n) is 5.27. The molecule has 5 rings (SSSR count). The summed E-state index contributed by atoms with van der Waals surface area (Å²) in [5.74, 6) is -1.03. The smallest absolute Gasteiger partial charge is 0.329 e. The van der Waals surface area contributed by atoms with Crippen LogP contribution in [-0.4, -0.2) is 42.2 Å². The zero-order chi connectivity index (χ0) is 25.0. The second kappa shape index (κ2) is 7.98. The number of nitriles is 1. The third-order valence-corrected chi connectivity index (χ3v) is 7.37. The number of amides is 1. The second-order valence-corrected chi connectivity index (χ2v) is 9.85. The predicted molar refractivity (Wildman–Crippen MR) is 128 cm³/mol. The molecule has 3 N–H and O–H groups in total. The monoisotopic (exact) mass is 474 g/mol. The molecule has 3 aromatic rings. The molecule has 35 heavy (non-hydrogen) atoms. The van der Waals surface area contributed by atoms with Gasteiger partial charge in [-0.05, 0) is 56.5 Å². The van der Waals surface area contributed by atoms with Crippen LogP contribution in [-0.2, 0) is 16.9 Å². The summed E-state index contributed by atoms with van der Waals surface area (Å²) in [6.07, 6.45) is 5.53. The van der Waals surface area contributed by atoms with Crippen molar-refractivity contribution in [2.45, 2.75) is 63.6 Å². The minimum atomic E-state index is -1.34. The van der Waals surface area contributed by atoms with E-state index in [0.717, 1.165) is 25.7 Å². The molecule has 0 spiro atoms. The van der Waals surface area contributed by atoms with E-state index in [1.807, 2.05) is 4.68 Å². The summed E-state index contributed by atoms with van der Waals surface area (Å²) in [6, 6.07) is 9.27. The van der Waals surface area contributed by atoms with E-state index in [9.17, 15) is 24.8 Å². The number of anilines is 2. The number of H-pyrrole nitrogens is 1. The fraction of sp³-hybridized carbons (Fsp3) is 0.400. The summed E-state index contributed by atoms with van der Waals surface area (Å²) in [5.41, 5.74) is 0.366. The molecule has 0 radical (unpaired) electrons. The van der Waals surface area contributed by atoms with E-state index in [0.29, 0.717) is 40.0 Å². The minimum Gasteiger partial charge on any atom is -0.480 e. The van der Waals surface area contributed by atoms with Gasteiger partial charge in [0.25, 0.3) is 11.5 Å². The summed E-state index contributed by atoms with van der Waals surface area (Å²) in [7, 11) is 0. The second-order valence-electron chi connectivity index (χ2n) is 9.85. The molecular weight excluding hydrogens is 448 g/mol. The lowest BCUT2D eigenvalue weighted by Gasteiger charge is -2.31. The van der Waals surface area contributed by atoms with Crippen LogP contribution in [0.5, 0.6) is 0 Å². The molecule has 2 aromatic heterocycles. The Morgan fingerprint density at radius 3 is 2.71 bits per heavy atom. The highest BCUT2D eigenvalue weighted by Gasteiger charge is 2.43. The van der Waals surface area contributed by atoms with Crippen LogP contribution in [0.15, 0.2) is 35.3 Å². The van der Waals surface area contributed by atoms with Gasteiger partial charge in [0.05, 0.1) is 23.5 Å². The average molecular weight is 475 g/mol. The normalized spacial score (nSPS) is 16.9. The molecule has 0 unspecified atom stereocenters. The summed E-state index contributed by atoms with van der Waals surface area (Å²) in [6.45, 7) is 3.18. The van der Waals surface area contributed by atoms with Crippen molar-refractivity contribution in [3.05, 3.63) is 51.9 Å². The number of pyridine rings is 1. The first-order valence-electron chi connectivity index (χ1n) is 11.6. The molecule has 1 fully saturated rings. The Morgan fingerprint density at radius 1 is 1.29 bits per heavy atom. The maximum Gasteiger partial charge on any atom is 0.329 e. The van der Waals surface area contributed by atoms with Crippen LogP contribution in [0.25, 0.3) is 10.9 Å². The Bertz CT molecular complexity index is 1450. The molecule has 10 heteroatoms. The maximum atomic E-state index is 12.8. The van der Waals surface area contributed by atoms with E-state index in [2.05, 4.69) is 16.4 Å². The van der Waals surface area contributed by atoms with Gasteiger partial charge in [-0.3, -0.25) is 14.3 Å². The molecule has 2 aliphatic rings. The molecule has 0 bridgehead atoms. The number of carboxylic acids is 1. The molecule has 0 atom stereocenters. The van der Waals surface area contributed by atoms with E-state index < -0.39 is 17.0 Å². The molecule has 1 aromatic carbocycles. The van der Waals surface area contributed by atoms with Crippen molar-refractivity contribution in [3.8, 4) is 6.07 Å². The van der Waals surface area contributed by atoms with E-state index in [1.165, 1.54) is 18.7 Å². The zero-order valence-corrected chi connectivity index (χ0v) is 19.6. The van der Waals surface area contributed by atoms with Crippen molar-refractivity contribution in [1.82, 2.24) is 19.7 Å². The number of fused-ring (bicyclic) bond motifs is 2. The van der Waals surface area contributed by atoms with Gasteiger partial charge in [-0.15, -0.1) is 0 Å². The lowest BCUT2D eigenvalue weighted by Crippen LogP contribution is -2.50. The standard InChI is InChI=1S/C25H26N6O4/c1-24(2,23(34)35)30-14-15-13-16(5-6-17(15)22(30)33)28-20-19-18(7-12-27-21(19)32)31(29-20)25(10-11-26)8-3-4-9-25/h5-7,12-13H,3-4,8-10,14H2,1-2H3,(H,27,32)(H,28,29)(H,34,35).